The van der Waals surface area contributed by atoms with Crippen LogP contribution in [0.25, 0.3) is 10.9 Å². The maximum Gasteiger partial charge on any atom is 0.270 e. The van der Waals surface area contributed by atoms with Crippen LogP contribution in [0.15, 0.2) is 73.1 Å². The first kappa shape index (κ1) is 21.8. The fourth-order valence-corrected chi connectivity index (χ4v) is 3.78. The van der Waals surface area contributed by atoms with Gasteiger partial charge in [-0.05, 0) is 43.2 Å². The number of para-hydroxylation sites is 1. The molecule has 1 fully saturated rings. The van der Waals surface area contributed by atoms with Crippen LogP contribution in [0.4, 0.5) is 5.82 Å². The summed E-state index contributed by atoms with van der Waals surface area (Å²) in [5.41, 5.74) is 1.75. The fourth-order valence-electron chi connectivity index (χ4n) is 3.78. The molecule has 4 heterocycles. The first-order valence-corrected chi connectivity index (χ1v) is 11.3. The van der Waals surface area contributed by atoms with Gasteiger partial charge in [0.15, 0.2) is 0 Å². The third-order valence-electron chi connectivity index (χ3n) is 5.58. The zero-order chi connectivity index (χ0) is 23.2. The molecule has 0 saturated carbocycles. The fraction of sp³-hybridized carbons (Fsp3) is 0.231. The van der Waals surface area contributed by atoms with Gasteiger partial charge in [0.25, 0.3) is 5.91 Å². The third-order valence-corrected chi connectivity index (χ3v) is 5.58. The second kappa shape index (κ2) is 10.3. The Kier molecular flexibility index (Phi) is 6.58. The van der Waals surface area contributed by atoms with E-state index in [0.717, 1.165) is 43.0 Å². The molecule has 1 saturated heterocycles. The minimum Gasteiger partial charge on any atom is -0.457 e. The maximum absolute atomic E-state index is 12.8. The van der Waals surface area contributed by atoms with Gasteiger partial charge in [-0.3, -0.25) is 9.78 Å². The summed E-state index contributed by atoms with van der Waals surface area (Å²) < 4.78 is 11.2. The molecule has 1 aromatic carbocycles. The predicted molar refractivity (Wildman–Crippen MR) is 129 cm³/mol. The van der Waals surface area contributed by atoms with Gasteiger partial charge in [0.2, 0.25) is 0 Å². The van der Waals surface area contributed by atoms with E-state index in [-0.39, 0.29) is 12.5 Å². The highest BCUT2D eigenvalue weighted by Crippen LogP contribution is 2.21. The minimum absolute atomic E-state index is 0.261. The van der Waals surface area contributed by atoms with Gasteiger partial charge in [0.1, 0.15) is 23.0 Å². The molecule has 8 nitrogen and oxygen atoms in total. The second-order valence-corrected chi connectivity index (χ2v) is 8.07. The molecule has 2 N–H and O–H groups in total. The number of ether oxygens (including phenoxy) is 2. The van der Waals surface area contributed by atoms with E-state index in [1.54, 1.807) is 30.6 Å². The van der Waals surface area contributed by atoms with Gasteiger partial charge < -0.3 is 20.1 Å². The van der Waals surface area contributed by atoms with E-state index < -0.39 is 0 Å². The highest BCUT2D eigenvalue weighted by Gasteiger charge is 2.15. The largest absolute Gasteiger partial charge is 0.457 e. The normalized spacial score (nSPS) is 14.0. The van der Waals surface area contributed by atoms with E-state index >= 15 is 0 Å². The number of carbonyl (C=O) groups excluding carboxylic acids is 1. The Morgan fingerprint density at radius 2 is 1.85 bits per heavy atom. The number of rotatable bonds is 7. The summed E-state index contributed by atoms with van der Waals surface area (Å²) in [6, 6.07) is 18.9. The molecule has 5 rings (SSSR count). The molecule has 1 amide bonds. The summed E-state index contributed by atoms with van der Waals surface area (Å²) in [4.78, 5) is 26.1. The van der Waals surface area contributed by atoms with Gasteiger partial charge in [-0.2, -0.15) is 0 Å². The van der Waals surface area contributed by atoms with Crippen LogP contribution in [0.3, 0.4) is 0 Å². The second-order valence-electron chi connectivity index (χ2n) is 8.07. The van der Waals surface area contributed by atoms with Gasteiger partial charge >= 0.3 is 0 Å². The van der Waals surface area contributed by atoms with Crippen LogP contribution in [-0.2, 0) is 11.3 Å². The molecule has 0 aliphatic carbocycles. The number of fused-ring (bicyclic) bond motifs is 1. The van der Waals surface area contributed by atoms with Crippen LogP contribution in [0.5, 0.6) is 11.5 Å². The Bertz CT molecular complexity index is 1280. The molecule has 0 radical (unpaired) electrons. The van der Waals surface area contributed by atoms with Crippen LogP contribution in [0, 0.1) is 0 Å². The van der Waals surface area contributed by atoms with Gasteiger partial charge in [-0.15, -0.1) is 0 Å². The van der Waals surface area contributed by atoms with Gasteiger partial charge in [0.05, 0.1) is 17.8 Å². The molecular formula is C26H25N5O3. The highest BCUT2D eigenvalue weighted by molar-refractivity contribution is 5.95. The smallest absolute Gasteiger partial charge is 0.270 e. The van der Waals surface area contributed by atoms with Gasteiger partial charge in [0, 0.05) is 49.2 Å². The van der Waals surface area contributed by atoms with E-state index in [1.807, 2.05) is 42.5 Å². The lowest BCUT2D eigenvalue weighted by atomic mass is 10.1. The summed E-state index contributed by atoms with van der Waals surface area (Å²) in [6.45, 7) is 1.77. The van der Waals surface area contributed by atoms with Crippen LogP contribution in [-0.4, -0.2) is 40.1 Å². The monoisotopic (exact) mass is 455 g/mol. The van der Waals surface area contributed by atoms with Crippen molar-refractivity contribution in [3.63, 3.8) is 0 Å². The van der Waals surface area contributed by atoms with E-state index in [2.05, 4.69) is 25.6 Å². The molecule has 3 aromatic heterocycles. The Hall–Kier alpha value is -4.04. The van der Waals surface area contributed by atoms with E-state index in [4.69, 9.17) is 9.47 Å². The van der Waals surface area contributed by atoms with Crippen molar-refractivity contribution < 1.29 is 14.3 Å². The lowest BCUT2D eigenvalue weighted by molar-refractivity contribution is 0.0903. The summed E-state index contributed by atoms with van der Waals surface area (Å²) in [5, 5.41) is 7.20. The van der Waals surface area contributed by atoms with E-state index in [0.29, 0.717) is 28.7 Å². The number of anilines is 1. The van der Waals surface area contributed by atoms with E-state index in [1.165, 1.54) is 0 Å². The molecule has 4 aromatic rings. The summed E-state index contributed by atoms with van der Waals surface area (Å²) in [5.74, 6) is 1.88. The standard InChI is InChI=1S/C26H25N5O3/c32-26(29-17-20-14-22(8-11-27-20)34-21-4-2-1-3-5-21)23-7-6-18-16-28-25(15-24(18)31-23)30-19-9-12-33-13-10-19/h1-8,11,14-16,19H,9-10,12-13,17H2,(H,28,30)(H,29,32). The number of pyridine rings is 3. The third kappa shape index (κ3) is 5.47. The summed E-state index contributed by atoms with van der Waals surface area (Å²) >= 11 is 0. The number of nitrogens with one attached hydrogen (secondary N) is 2. The highest BCUT2D eigenvalue weighted by atomic mass is 16.5. The number of hydrogen-bond acceptors (Lipinski definition) is 7. The topological polar surface area (TPSA) is 98.3 Å². The van der Waals surface area contributed by atoms with Crippen molar-refractivity contribution in [3.05, 3.63) is 84.4 Å². The van der Waals surface area contributed by atoms with Crippen molar-refractivity contribution in [3.8, 4) is 11.5 Å². The van der Waals surface area contributed by atoms with Crippen molar-refractivity contribution in [2.45, 2.75) is 25.4 Å². The average Bonchev–Trinajstić information content (AvgIpc) is 2.88. The van der Waals surface area contributed by atoms with Crippen molar-refractivity contribution in [1.29, 1.82) is 0 Å². The number of aromatic nitrogens is 3. The lowest BCUT2D eigenvalue weighted by Crippen LogP contribution is -2.28. The lowest BCUT2D eigenvalue weighted by Gasteiger charge is -2.23. The number of benzene rings is 1. The Morgan fingerprint density at radius 1 is 1.00 bits per heavy atom. The number of carbonyl (C=O) groups is 1. The molecule has 34 heavy (non-hydrogen) atoms. The van der Waals surface area contributed by atoms with Gasteiger partial charge in [-0.1, -0.05) is 18.2 Å². The van der Waals surface area contributed by atoms with Crippen molar-refractivity contribution in [2.75, 3.05) is 18.5 Å². The predicted octanol–water partition coefficient (Wildman–Crippen LogP) is 4.34. The molecule has 0 unspecified atom stereocenters. The molecular weight excluding hydrogens is 430 g/mol. The molecule has 0 atom stereocenters. The van der Waals surface area contributed by atoms with Crippen LogP contribution in [0.2, 0.25) is 0 Å². The molecule has 0 spiro atoms. The Balaban J connectivity index is 1.24. The first-order valence-electron chi connectivity index (χ1n) is 11.3. The SMILES string of the molecule is O=C(NCc1cc(Oc2ccccc2)ccn1)c1ccc2cnc(NC3CCOCC3)cc2n1. The molecule has 8 heteroatoms. The van der Waals surface area contributed by atoms with Crippen LogP contribution >= 0.6 is 0 Å². The summed E-state index contributed by atoms with van der Waals surface area (Å²) in [7, 11) is 0. The summed E-state index contributed by atoms with van der Waals surface area (Å²) in [6.07, 6.45) is 5.32. The molecule has 172 valence electrons. The van der Waals surface area contributed by atoms with Crippen molar-refractivity contribution in [2.24, 2.45) is 0 Å². The molecule has 1 aliphatic heterocycles. The zero-order valence-corrected chi connectivity index (χ0v) is 18.6. The average molecular weight is 456 g/mol. The van der Waals surface area contributed by atoms with Crippen molar-refractivity contribution >= 4 is 22.6 Å². The number of amides is 1. The maximum atomic E-state index is 12.8. The molecule has 1 aliphatic rings. The minimum atomic E-state index is -0.270. The van der Waals surface area contributed by atoms with Gasteiger partial charge in [-0.25, -0.2) is 9.97 Å². The Morgan fingerprint density at radius 3 is 2.71 bits per heavy atom. The van der Waals surface area contributed by atoms with Crippen molar-refractivity contribution in [1.82, 2.24) is 20.3 Å². The quantitative estimate of drug-likeness (QED) is 0.428. The number of hydrogen-bond donors (Lipinski definition) is 2. The Labute approximate surface area is 197 Å². The van der Waals surface area contributed by atoms with Crippen LogP contribution in [0.1, 0.15) is 29.0 Å². The zero-order valence-electron chi connectivity index (χ0n) is 18.6. The van der Waals surface area contributed by atoms with E-state index in [9.17, 15) is 4.79 Å². The first-order chi connectivity index (χ1) is 16.7. The molecule has 0 bridgehead atoms. The number of nitrogens with zero attached hydrogens (tertiary/aromatic N) is 3. The van der Waals surface area contributed by atoms with Crippen LogP contribution < -0.4 is 15.4 Å².